The molecule has 1 aromatic heterocycles. The number of carbonyl (C=O) groups excluding carboxylic acids is 2. The maximum atomic E-state index is 12.1. The molecule has 0 saturated carbocycles. The summed E-state index contributed by atoms with van der Waals surface area (Å²) in [5.41, 5.74) is 5.28. The number of aromatic carboxylic acids is 1. The van der Waals surface area contributed by atoms with Crippen LogP contribution in [0.5, 0.6) is 0 Å². The van der Waals surface area contributed by atoms with Gasteiger partial charge in [-0.25, -0.2) is 9.59 Å². The van der Waals surface area contributed by atoms with Crippen molar-refractivity contribution in [2.24, 2.45) is 5.73 Å². The lowest BCUT2D eigenvalue weighted by Crippen LogP contribution is -2.49. The molecule has 0 radical (unpaired) electrons. The third-order valence-corrected chi connectivity index (χ3v) is 4.73. The average molecular weight is 457 g/mol. The van der Waals surface area contributed by atoms with Crippen LogP contribution in [0.25, 0.3) is 0 Å². The number of carboxylic acid groups (broad SMARTS) is 1. The van der Waals surface area contributed by atoms with E-state index in [1.165, 1.54) is 24.3 Å². The summed E-state index contributed by atoms with van der Waals surface area (Å²) in [5.74, 6) is -1.50. The number of rotatable bonds is 6. The molecule has 0 aliphatic carbocycles. The van der Waals surface area contributed by atoms with Crippen molar-refractivity contribution in [3.63, 3.8) is 0 Å². The Balaban J connectivity index is 1.77. The van der Waals surface area contributed by atoms with Gasteiger partial charge in [-0.15, -0.1) is 10.2 Å². The largest absolute Gasteiger partial charge is 0.478 e. The molecule has 2 heterocycles. The van der Waals surface area contributed by atoms with E-state index >= 15 is 0 Å². The number of piperidine rings is 1. The zero-order chi connectivity index (χ0) is 24.2. The summed E-state index contributed by atoms with van der Waals surface area (Å²) in [5, 5.41) is 22.8. The van der Waals surface area contributed by atoms with Crippen LogP contribution in [-0.2, 0) is 4.74 Å². The smallest absolute Gasteiger partial charge is 0.407 e. The number of aromatic nitrogens is 3. The van der Waals surface area contributed by atoms with E-state index in [4.69, 9.17) is 15.6 Å². The highest BCUT2D eigenvalue weighted by Crippen LogP contribution is 2.22. The molecule has 1 unspecified atom stereocenters. The first kappa shape index (κ1) is 23.7. The van der Waals surface area contributed by atoms with Gasteiger partial charge in [-0.05, 0) is 57.9 Å². The number of hydrogen-bond acceptors (Lipinski definition) is 9. The first-order chi connectivity index (χ1) is 15.5. The Morgan fingerprint density at radius 3 is 2.48 bits per heavy atom. The van der Waals surface area contributed by atoms with Gasteiger partial charge >= 0.3 is 12.1 Å². The van der Waals surface area contributed by atoms with Crippen molar-refractivity contribution in [3.05, 3.63) is 35.5 Å². The van der Waals surface area contributed by atoms with Gasteiger partial charge < -0.3 is 31.1 Å². The van der Waals surface area contributed by atoms with Crippen LogP contribution in [0, 0.1) is 0 Å². The Bertz CT molecular complexity index is 1040. The van der Waals surface area contributed by atoms with Crippen molar-refractivity contribution in [2.75, 3.05) is 23.3 Å². The van der Waals surface area contributed by atoms with Crippen LogP contribution in [-0.4, -0.2) is 63.0 Å². The predicted molar refractivity (Wildman–Crippen MR) is 120 cm³/mol. The summed E-state index contributed by atoms with van der Waals surface area (Å²) in [4.78, 5) is 41.3. The number of alkyl carbamates (subject to hydrolysis) is 1. The van der Waals surface area contributed by atoms with Crippen molar-refractivity contribution < 1.29 is 24.2 Å². The topological polar surface area (TPSA) is 173 Å². The van der Waals surface area contributed by atoms with Crippen molar-refractivity contribution >= 4 is 35.4 Å². The maximum absolute atomic E-state index is 12.1. The third kappa shape index (κ3) is 6.51. The molecule has 2 aromatic rings. The molecule has 12 heteroatoms. The lowest BCUT2D eigenvalue weighted by Gasteiger charge is -2.33. The number of nitrogens with two attached hydrogens (primary N) is 1. The number of benzene rings is 1. The quantitative estimate of drug-likeness (QED) is 0.502. The summed E-state index contributed by atoms with van der Waals surface area (Å²) >= 11 is 0. The molecule has 176 valence electrons. The van der Waals surface area contributed by atoms with E-state index in [1.807, 2.05) is 4.90 Å². The number of nitrogens with one attached hydrogen (secondary N) is 2. The van der Waals surface area contributed by atoms with Gasteiger partial charge in [0.05, 0.1) is 5.56 Å². The summed E-state index contributed by atoms with van der Waals surface area (Å²) in [6, 6.07) is 5.74. The Hall–Kier alpha value is -3.96. The minimum absolute atomic E-state index is 0.0952. The van der Waals surface area contributed by atoms with Crippen LogP contribution in [0.3, 0.4) is 0 Å². The van der Waals surface area contributed by atoms with Crippen molar-refractivity contribution in [1.29, 1.82) is 0 Å². The molecule has 1 saturated heterocycles. The predicted octanol–water partition coefficient (Wildman–Crippen LogP) is 1.91. The molecular weight excluding hydrogens is 430 g/mol. The standard InChI is InChI=1S/C21H27N7O5/c1-21(2,3)33-20(32)24-14-5-4-10-28(11-14)19-25-17(15(16(22)29)26-27-19)23-13-8-6-12(7-9-13)18(30)31/h6-9,14H,4-5,10-11H2,1-3H3,(H2,22,29)(H,24,32)(H,30,31)(H,23,25,27). The van der Waals surface area contributed by atoms with Crippen LogP contribution >= 0.6 is 0 Å². The van der Waals surface area contributed by atoms with Gasteiger partial charge in [0.15, 0.2) is 11.5 Å². The second kappa shape index (κ2) is 9.67. The molecule has 1 atom stereocenters. The van der Waals surface area contributed by atoms with Crippen LogP contribution in [0.4, 0.5) is 22.2 Å². The fourth-order valence-corrected chi connectivity index (χ4v) is 3.29. The van der Waals surface area contributed by atoms with E-state index in [-0.39, 0.29) is 29.1 Å². The highest BCUT2D eigenvalue weighted by molar-refractivity contribution is 5.96. The molecular formula is C21H27N7O5. The molecule has 0 bridgehead atoms. The lowest BCUT2D eigenvalue weighted by molar-refractivity contribution is 0.0499. The molecule has 5 N–H and O–H groups in total. The molecule has 3 rings (SSSR count). The van der Waals surface area contributed by atoms with Gasteiger partial charge in [0.1, 0.15) is 5.60 Å². The average Bonchev–Trinajstić information content (AvgIpc) is 2.72. The van der Waals surface area contributed by atoms with Crippen LogP contribution in [0.1, 0.15) is 54.5 Å². The van der Waals surface area contributed by atoms with Gasteiger partial charge in [0, 0.05) is 24.8 Å². The van der Waals surface area contributed by atoms with Gasteiger partial charge in [0.2, 0.25) is 5.95 Å². The minimum atomic E-state index is -1.05. The fourth-order valence-electron chi connectivity index (χ4n) is 3.29. The van der Waals surface area contributed by atoms with Gasteiger partial charge in [0.25, 0.3) is 5.91 Å². The fraction of sp³-hybridized carbons (Fsp3) is 0.429. The number of ether oxygens (including phenoxy) is 1. The maximum Gasteiger partial charge on any atom is 0.407 e. The Morgan fingerprint density at radius 1 is 1.18 bits per heavy atom. The summed E-state index contributed by atoms with van der Waals surface area (Å²) in [6.07, 6.45) is 1.05. The zero-order valence-electron chi connectivity index (χ0n) is 18.7. The Morgan fingerprint density at radius 2 is 1.88 bits per heavy atom. The first-order valence-corrected chi connectivity index (χ1v) is 10.4. The SMILES string of the molecule is CC(C)(C)OC(=O)NC1CCCN(c2nnc(C(N)=O)c(Nc3ccc(C(=O)O)cc3)n2)C1. The third-order valence-electron chi connectivity index (χ3n) is 4.73. The Labute approximate surface area is 190 Å². The number of primary amides is 1. The first-order valence-electron chi connectivity index (χ1n) is 10.4. The van der Waals surface area contributed by atoms with E-state index in [1.54, 1.807) is 20.8 Å². The van der Waals surface area contributed by atoms with Gasteiger partial charge in [-0.2, -0.15) is 4.98 Å². The highest BCUT2D eigenvalue weighted by atomic mass is 16.6. The Kier molecular flexibility index (Phi) is 6.95. The van der Waals surface area contributed by atoms with Gasteiger partial charge in [-0.3, -0.25) is 4.79 Å². The van der Waals surface area contributed by atoms with Gasteiger partial charge in [-0.1, -0.05) is 0 Å². The lowest BCUT2D eigenvalue weighted by atomic mass is 10.1. The second-order valence-corrected chi connectivity index (χ2v) is 8.61. The molecule has 1 fully saturated rings. The molecule has 1 aliphatic rings. The van der Waals surface area contributed by atoms with E-state index in [9.17, 15) is 14.4 Å². The summed E-state index contributed by atoms with van der Waals surface area (Å²) in [6.45, 7) is 6.45. The molecule has 0 spiro atoms. The molecule has 2 amide bonds. The van der Waals surface area contributed by atoms with E-state index < -0.39 is 23.6 Å². The van der Waals surface area contributed by atoms with Crippen LogP contribution in [0.2, 0.25) is 0 Å². The number of carbonyl (C=O) groups is 3. The van der Waals surface area contributed by atoms with Crippen molar-refractivity contribution in [3.8, 4) is 0 Å². The number of amides is 2. The number of hydrogen-bond donors (Lipinski definition) is 4. The van der Waals surface area contributed by atoms with Crippen molar-refractivity contribution in [1.82, 2.24) is 20.5 Å². The number of carboxylic acids is 1. The molecule has 33 heavy (non-hydrogen) atoms. The van der Waals surface area contributed by atoms with E-state index in [0.29, 0.717) is 18.8 Å². The normalized spacial score (nSPS) is 16.1. The number of anilines is 3. The van der Waals surface area contributed by atoms with Crippen LogP contribution < -0.4 is 21.3 Å². The molecule has 12 nitrogen and oxygen atoms in total. The minimum Gasteiger partial charge on any atom is -0.478 e. The highest BCUT2D eigenvalue weighted by Gasteiger charge is 2.27. The second-order valence-electron chi connectivity index (χ2n) is 8.61. The van der Waals surface area contributed by atoms with Crippen molar-refractivity contribution in [2.45, 2.75) is 45.3 Å². The number of nitrogens with zero attached hydrogens (tertiary/aromatic N) is 4. The molecule has 1 aliphatic heterocycles. The van der Waals surface area contributed by atoms with E-state index in [0.717, 1.165) is 12.8 Å². The van der Waals surface area contributed by atoms with E-state index in [2.05, 4.69) is 25.8 Å². The monoisotopic (exact) mass is 457 g/mol. The van der Waals surface area contributed by atoms with Crippen LogP contribution in [0.15, 0.2) is 24.3 Å². The molecule has 1 aromatic carbocycles. The zero-order valence-corrected chi connectivity index (χ0v) is 18.7. The summed E-state index contributed by atoms with van der Waals surface area (Å²) in [7, 11) is 0. The summed E-state index contributed by atoms with van der Waals surface area (Å²) < 4.78 is 5.32.